The Kier molecular flexibility index (Phi) is 17.0. The molecule has 1 N–H and O–H groups in total. The SMILES string of the molecule is CCCCCCCCCCCCCCCCCC(=O)NC(=O)c1cc(C2CCCCC2)ccc1I(=O)=O. The number of carbonyl (C=O) groups is 2. The minimum Gasteiger partial charge on any atom is -0.292 e. The number of halogens is 1. The van der Waals surface area contributed by atoms with Crippen molar-refractivity contribution in [3.8, 4) is 0 Å². The van der Waals surface area contributed by atoms with Crippen LogP contribution >= 0.6 is 19.8 Å². The normalized spacial score (nSPS) is 14.2. The molecule has 2 amide bonds. The van der Waals surface area contributed by atoms with Gasteiger partial charge in [-0.3, -0.25) is 14.9 Å². The summed E-state index contributed by atoms with van der Waals surface area (Å²) in [5.74, 6) is -0.524. The highest BCUT2D eigenvalue weighted by molar-refractivity contribution is 14.2. The Bertz CT molecular complexity index is 866. The molecule has 0 unspecified atom stereocenters. The van der Waals surface area contributed by atoms with E-state index in [2.05, 4.69) is 12.2 Å². The predicted molar refractivity (Wildman–Crippen MR) is 158 cm³/mol. The molecule has 0 bridgehead atoms. The van der Waals surface area contributed by atoms with Gasteiger partial charge in [-0.25, -0.2) is 6.14 Å². The second-order valence-corrected chi connectivity index (χ2v) is 13.3. The lowest BCUT2D eigenvalue weighted by atomic mass is 9.83. The highest BCUT2D eigenvalue weighted by Gasteiger charge is 2.22. The lowest BCUT2D eigenvalue weighted by Gasteiger charge is -2.22. The van der Waals surface area contributed by atoms with E-state index in [0.29, 0.717) is 12.3 Å². The smallest absolute Gasteiger partial charge is 0.292 e. The van der Waals surface area contributed by atoms with Gasteiger partial charge in [-0.05, 0) is 42.9 Å². The first kappa shape index (κ1) is 31.9. The Morgan fingerprint density at radius 2 is 1.27 bits per heavy atom. The maximum atomic E-state index is 12.8. The Balaban J connectivity index is 1.59. The molecule has 0 heterocycles. The number of benzene rings is 1. The van der Waals surface area contributed by atoms with E-state index in [1.165, 1.54) is 83.5 Å². The minimum absolute atomic E-state index is 0.0843. The van der Waals surface area contributed by atoms with E-state index in [1.807, 2.05) is 6.07 Å². The van der Waals surface area contributed by atoms with E-state index in [4.69, 9.17) is 0 Å². The maximum absolute atomic E-state index is 12.8. The molecular formula is C31H50INO4. The third-order valence-corrected chi connectivity index (χ3v) is 9.63. The van der Waals surface area contributed by atoms with Gasteiger partial charge in [0.1, 0.15) is 0 Å². The van der Waals surface area contributed by atoms with Crippen LogP contribution in [0, 0.1) is 3.57 Å². The summed E-state index contributed by atoms with van der Waals surface area (Å²) in [5.41, 5.74) is 1.16. The van der Waals surface area contributed by atoms with E-state index in [0.717, 1.165) is 50.5 Å². The average Bonchev–Trinajstić information content (AvgIpc) is 2.91. The van der Waals surface area contributed by atoms with Crippen LogP contribution in [0.3, 0.4) is 0 Å². The zero-order valence-corrected chi connectivity index (χ0v) is 25.3. The fraction of sp³-hybridized carbons (Fsp3) is 0.742. The van der Waals surface area contributed by atoms with Gasteiger partial charge in [0.2, 0.25) is 5.91 Å². The quantitative estimate of drug-likeness (QED) is 0.122. The van der Waals surface area contributed by atoms with Crippen molar-refractivity contribution in [2.75, 3.05) is 0 Å². The standard InChI is InChI=1S/C31H50INO4/c1-2-3-4-5-6-7-8-9-10-11-12-13-14-15-19-22-30(34)33-31(35)28-25-27(23-24-29(28)32(36)37)26-20-17-16-18-21-26/h23-26H,2-22H2,1H3,(H,33,34,35). The maximum Gasteiger partial charge on any atom is 0.341 e. The van der Waals surface area contributed by atoms with Crippen LogP contribution in [-0.2, 0) is 10.9 Å². The first-order valence-electron chi connectivity index (χ1n) is 15.1. The lowest BCUT2D eigenvalue weighted by molar-refractivity contribution is -0.120. The van der Waals surface area contributed by atoms with Crippen LogP contribution in [0.1, 0.15) is 164 Å². The van der Waals surface area contributed by atoms with E-state index in [1.54, 1.807) is 12.1 Å². The number of carbonyl (C=O) groups excluding carboxylic acids is 2. The van der Waals surface area contributed by atoms with Crippen LogP contribution in [0.2, 0.25) is 0 Å². The van der Waals surface area contributed by atoms with Crippen molar-refractivity contribution < 1.29 is 15.7 Å². The van der Waals surface area contributed by atoms with Crippen LogP contribution in [0.25, 0.3) is 0 Å². The highest BCUT2D eigenvalue weighted by atomic mass is 127. The molecular weight excluding hydrogens is 577 g/mol. The van der Waals surface area contributed by atoms with E-state index in [9.17, 15) is 15.7 Å². The monoisotopic (exact) mass is 627 g/mol. The van der Waals surface area contributed by atoms with Crippen LogP contribution in [0.4, 0.5) is 0 Å². The third kappa shape index (κ3) is 13.4. The van der Waals surface area contributed by atoms with Gasteiger partial charge in [-0.2, -0.15) is 0 Å². The van der Waals surface area contributed by atoms with Gasteiger partial charge in [-0.15, -0.1) is 0 Å². The van der Waals surface area contributed by atoms with Crippen molar-refractivity contribution in [1.82, 2.24) is 5.32 Å². The molecule has 0 aliphatic heterocycles. The number of amides is 2. The topological polar surface area (TPSA) is 80.3 Å². The van der Waals surface area contributed by atoms with Crippen LogP contribution < -0.4 is 5.32 Å². The van der Waals surface area contributed by atoms with Gasteiger partial charge in [0.05, 0.1) is 9.13 Å². The summed E-state index contributed by atoms with van der Waals surface area (Å²) in [7, 11) is 0. The minimum atomic E-state index is -3.84. The first-order valence-corrected chi connectivity index (χ1v) is 17.9. The fourth-order valence-electron chi connectivity index (χ4n) is 5.45. The van der Waals surface area contributed by atoms with Crippen LogP contribution in [0.5, 0.6) is 0 Å². The van der Waals surface area contributed by atoms with Gasteiger partial charge in [0.15, 0.2) is 0 Å². The summed E-state index contributed by atoms with van der Waals surface area (Å²) in [6, 6.07) is 5.12. The second kappa shape index (κ2) is 19.7. The zero-order valence-electron chi connectivity index (χ0n) is 23.2. The van der Waals surface area contributed by atoms with E-state index >= 15 is 0 Å². The molecule has 1 aromatic carbocycles. The summed E-state index contributed by atoms with van der Waals surface area (Å²) in [6.45, 7) is 2.26. The Morgan fingerprint density at radius 3 is 1.78 bits per heavy atom. The van der Waals surface area contributed by atoms with E-state index in [-0.39, 0.29) is 15.0 Å². The Morgan fingerprint density at radius 1 is 0.757 bits per heavy atom. The highest BCUT2D eigenvalue weighted by Crippen LogP contribution is 2.34. The molecule has 210 valence electrons. The molecule has 1 fully saturated rings. The predicted octanol–water partition coefficient (Wildman–Crippen LogP) is 9.62. The van der Waals surface area contributed by atoms with Gasteiger partial charge in [0, 0.05) is 6.42 Å². The number of unbranched alkanes of at least 4 members (excludes halogenated alkanes) is 14. The summed E-state index contributed by atoms with van der Waals surface area (Å²) in [4.78, 5) is 25.1. The van der Waals surface area contributed by atoms with Crippen molar-refractivity contribution >= 4 is 31.6 Å². The summed E-state index contributed by atoms with van der Waals surface area (Å²) in [6.07, 6.45) is 25.0. The van der Waals surface area contributed by atoms with Gasteiger partial charge in [-0.1, -0.05) is 122 Å². The fourth-order valence-corrected chi connectivity index (χ4v) is 6.80. The van der Waals surface area contributed by atoms with Crippen LogP contribution in [0.15, 0.2) is 18.2 Å². The molecule has 0 spiro atoms. The Hall–Kier alpha value is -1.31. The molecule has 1 saturated carbocycles. The molecule has 2 rings (SSSR count). The van der Waals surface area contributed by atoms with Crippen molar-refractivity contribution in [3.63, 3.8) is 0 Å². The number of imide groups is 1. The first-order chi connectivity index (χ1) is 18.0. The van der Waals surface area contributed by atoms with Crippen LogP contribution in [-0.4, -0.2) is 11.8 Å². The summed E-state index contributed by atoms with van der Waals surface area (Å²) < 4.78 is 23.7. The molecule has 6 heteroatoms. The third-order valence-electron chi connectivity index (χ3n) is 7.74. The molecule has 37 heavy (non-hydrogen) atoms. The second-order valence-electron chi connectivity index (χ2n) is 10.9. The molecule has 0 radical (unpaired) electrons. The van der Waals surface area contributed by atoms with Gasteiger partial charge >= 0.3 is 19.8 Å². The molecule has 5 nitrogen and oxygen atoms in total. The van der Waals surface area contributed by atoms with Gasteiger partial charge < -0.3 is 0 Å². The number of hydrogen-bond donors (Lipinski definition) is 1. The molecule has 0 atom stereocenters. The number of nitrogens with one attached hydrogen (secondary N) is 1. The van der Waals surface area contributed by atoms with E-state index < -0.39 is 25.7 Å². The zero-order chi connectivity index (χ0) is 26.7. The van der Waals surface area contributed by atoms with Crippen molar-refractivity contribution in [1.29, 1.82) is 0 Å². The summed E-state index contributed by atoms with van der Waals surface area (Å²) in [5, 5.41) is 2.44. The van der Waals surface area contributed by atoms with Crippen molar-refractivity contribution in [2.45, 2.75) is 148 Å². The molecule has 0 saturated heterocycles. The van der Waals surface area contributed by atoms with Gasteiger partial charge in [0.25, 0.3) is 5.91 Å². The molecule has 1 aromatic rings. The molecule has 0 aromatic heterocycles. The average molecular weight is 628 g/mol. The summed E-state index contributed by atoms with van der Waals surface area (Å²) >= 11 is -3.84. The number of rotatable bonds is 19. The number of hydrogen-bond acceptors (Lipinski definition) is 4. The lowest BCUT2D eigenvalue weighted by Crippen LogP contribution is -2.31. The van der Waals surface area contributed by atoms with Crippen molar-refractivity contribution in [2.24, 2.45) is 0 Å². The largest absolute Gasteiger partial charge is 0.341 e. The Labute approximate surface area is 232 Å². The van der Waals surface area contributed by atoms with Crippen molar-refractivity contribution in [3.05, 3.63) is 32.9 Å². The molecule has 1 aliphatic rings. The molecule has 1 aliphatic carbocycles.